The first-order valence-electron chi connectivity index (χ1n) is 8.55. The summed E-state index contributed by atoms with van der Waals surface area (Å²) in [6, 6.07) is 23.3. The fraction of sp³-hybridized carbons (Fsp3) is 0.136. The molecule has 27 heavy (non-hydrogen) atoms. The number of nitrogens with one attached hydrogen (secondary N) is 1. The van der Waals surface area contributed by atoms with E-state index in [1.807, 2.05) is 72.8 Å². The smallest absolute Gasteiger partial charge is 0.252 e. The molecular formula is C22H21NO3S. The molecule has 0 aliphatic heterocycles. The van der Waals surface area contributed by atoms with Crippen LogP contribution in [0.1, 0.15) is 15.9 Å². The zero-order valence-corrected chi connectivity index (χ0v) is 16.1. The van der Waals surface area contributed by atoms with Crippen LogP contribution in [-0.2, 0) is 6.61 Å². The zero-order valence-electron chi connectivity index (χ0n) is 15.3. The molecule has 0 aliphatic rings. The summed E-state index contributed by atoms with van der Waals surface area (Å²) in [4.78, 5) is 13.9. The Morgan fingerprint density at radius 1 is 0.963 bits per heavy atom. The Bertz CT molecular complexity index is 912. The molecule has 138 valence electrons. The van der Waals surface area contributed by atoms with Gasteiger partial charge in [0.2, 0.25) is 0 Å². The molecule has 3 aromatic rings. The van der Waals surface area contributed by atoms with Crippen LogP contribution < -0.4 is 14.8 Å². The average molecular weight is 379 g/mol. The highest BCUT2D eigenvalue weighted by molar-refractivity contribution is 7.99. The van der Waals surface area contributed by atoms with E-state index in [2.05, 4.69) is 5.32 Å². The average Bonchev–Trinajstić information content (AvgIpc) is 2.73. The molecule has 0 unspecified atom stereocenters. The van der Waals surface area contributed by atoms with E-state index in [0.29, 0.717) is 23.7 Å². The lowest BCUT2D eigenvalue weighted by atomic mass is 10.2. The minimum Gasteiger partial charge on any atom is -0.493 e. The summed E-state index contributed by atoms with van der Waals surface area (Å²) >= 11 is 1.51. The Balaban J connectivity index is 1.77. The summed E-state index contributed by atoms with van der Waals surface area (Å²) in [5.74, 6) is 1.24. The molecule has 3 rings (SSSR count). The topological polar surface area (TPSA) is 47.6 Å². The molecule has 0 radical (unpaired) electrons. The molecule has 0 bridgehead atoms. The number of hydrogen-bond donors (Lipinski definition) is 1. The van der Waals surface area contributed by atoms with E-state index in [9.17, 15) is 4.79 Å². The van der Waals surface area contributed by atoms with Crippen molar-refractivity contribution in [1.82, 2.24) is 5.32 Å². The first kappa shape index (κ1) is 18.9. The molecule has 0 atom stereocenters. The number of carbonyl (C=O) groups is 1. The second-order valence-corrected chi connectivity index (χ2v) is 6.88. The van der Waals surface area contributed by atoms with Crippen LogP contribution in [0.2, 0.25) is 0 Å². The van der Waals surface area contributed by atoms with Crippen molar-refractivity contribution < 1.29 is 14.3 Å². The maximum atomic E-state index is 12.1. The molecule has 0 saturated heterocycles. The van der Waals surface area contributed by atoms with Crippen molar-refractivity contribution in [3.8, 4) is 11.5 Å². The molecule has 0 aromatic heterocycles. The van der Waals surface area contributed by atoms with Gasteiger partial charge in [-0.1, -0.05) is 54.2 Å². The summed E-state index contributed by atoms with van der Waals surface area (Å²) in [6.07, 6.45) is 0. The van der Waals surface area contributed by atoms with Crippen molar-refractivity contribution in [2.75, 3.05) is 14.2 Å². The number of hydrogen-bond acceptors (Lipinski definition) is 4. The first-order chi connectivity index (χ1) is 13.2. The Labute approximate surface area is 163 Å². The summed E-state index contributed by atoms with van der Waals surface area (Å²) in [5.41, 5.74) is 1.74. The minimum absolute atomic E-state index is 0.104. The first-order valence-corrected chi connectivity index (χ1v) is 9.36. The number of amides is 1. The van der Waals surface area contributed by atoms with Gasteiger partial charge in [-0.15, -0.1) is 0 Å². The van der Waals surface area contributed by atoms with Crippen LogP contribution >= 0.6 is 11.8 Å². The summed E-state index contributed by atoms with van der Waals surface area (Å²) < 4.78 is 11.4. The summed E-state index contributed by atoms with van der Waals surface area (Å²) in [6.45, 7) is 0.475. The molecule has 1 N–H and O–H groups in total. The molecule has 0 spiro atoms. The third-order valence-electron chi connectivity index (χ3n) is 3.96. The largest absolute Gasteiger partial charge is 0.493 e. The highest BCUT2D eigenvalue weighted by Gasteiger charge is 2.12. The van der Waals surface area contributed by atoms with Gasteiger partial charge in [0.1, 0.15) is 6.61 Å². The second kappa shape index (κ2) is 9.14. The minimum atomic E-state index is -0.104. The third kappa shape index (κ3) is 4.83. The number of carbonyl (C=O) groups excluding carboxylic acids is 1. The van der Waals surface area contributed by atoms with Gasteiger partial charge in [0.05, 0.1) is 12.7 Å². The SMILES string of the molecule is CNC(=O)c1ccccc1Sc1ccc(OCc2ccccc2)c(OC)c1. The Morgan fingerprint density at radius 2 is 1.70 bits per heavy atom. The highest BCUT2D eigenvalue weighted by Crippen LogP contribution is 2.36. The molecule has 0 fully saturated rings. The predicted octanol–water partition coefficient (Wildman–Crippen LogP) is 4.79. The molecule has 4 nitrogen and oxygen atoms in total. The summed E-state index contributed by atoms with van der Waals surface area (Å²) in [7, 11) is 3.25. The lowest BCUT2D eigenvalue weighted by Crippen LogP contribution is -2.18. The van der Waals surface area contributed by atoms with Crippen molar-refractivity contribution in [2.45, 2.75) is 16.4 Å². The van der Waals surface area contributed by atoms with E-state index in [1.165, 1.54) is 11.8 Å². The van der Waals surface area contributed by atoms with Crippen molar-refractivity contribution in [2.24, 2.45) is 0 Å². The van der Waals surface area contributed by atoms with Crippen molar-refractivity contribution in [3.63, 3.8) is 0 Å². The summed E-state index contributed by atoms with van der Waals surface area (Å²) in [5, 5.41) is 2.67. The number of methoxy groups -OCH3 is 1. The van der Waals surface area contributed by atoms with Gasteiger partial charge in [0.15, 0.2) is 11.5 Å². The second-order valence-electron chi connectivity index (χ2n) is 5.76. The molecule has 0 aliphatic carbocycles. The van der Waals surface area contributed by atoms with E-state index in [-0.39, 0.29) is 5.91 Å². The van der Waals surface area contributed by atoms with Crippen molar-refractivity contribution in [3.05, 3.63) is 83.9 Å². The van der Waals surface area contributed by atoms with E-state index in [0.717, 1.165) is 15.4 Å². The van der Waals surface area contributed by atoms with Gasteiger partial charge in [-0.2, -0.15) is 0 Å². The molecule has 0 saturated carbocycles. The van der Waals surface area contributed by atoms with Crippen LogP contribution in [0.4, 0.5) is 0 Å². The van der Waals surface area contributed by atoms with Crippen molar-refractivity contribution >= 4 is 17.7 Å². The van der Waals surface area contributed by atoms with Gasteiger partial charge in [0.25, 0.3) is 5.91 Å². The van der Waals surface area contributed by atoms with E-state index in [4.69, 9.17) is 9.47 Å². The van der Waals surface area contributed by atoms with Crippen LogP contribution in [0.15, 0.2) is 82.6 Å². The zero-order chi connectivity index (χ0) is 19.1. The van der Waals surface area contributed by atoms with E-state index >= 15 is 0 Å². The normalized spacial score (nSPS) is 10.3. The Hall–Kier alpha value is -2.92. The third-order valence-corrected chi connectivity index (χ3v) is 5.02. The van der Waals surface area contributed by atoms with E-state index < -0.39 is 0 Å². The van der Waals surface area contributed by atoms with Crippen LogP contribution in [0, 0.1) is 0 Å². The van der Waals surface area contributed by atoms with Gasteiger partial charge in [-0.3, -0.25) is 4.79 Å². The molecular weight excluding hydrogens is 358 g/mol. The van der Waals surface area contributed by atoms with Crippen LogP contribution in [0.3, 0.4) is 0 Å². The Kier molecular flexibility index (Phi) is 6.39. The van der Waals surface area contributed by atoms with E-state index in [1.54, 1.807) is 14.2 Å². The van der Waals surface area contributed by atoms with Gasteiger partial charge >= 0.3 is 0 Å². The van der Waals surface area contributed by atoms with Gasteiger partial charge < -0.3 is 14.8 Å². The fourth-order valence-corrected chi connectivity index (χ4v) is 3.54. The van der Waals surface area contributed by atoms with Gasteiger partial charge in [-0.05, 0) is 35.9 Å². The molecule has 3 aromatic carbocycles. The van der Waals surface area contributed by atoms with Crippen LogP contribution in [0.5, 0.6) is 11.5 Å². The monoisotopic (exact) mass is 379 g/mol. The van der Waals surface area contributed by atoms with Gasteiger partial charge in [-0.25, -0.2) is 0 Å². The van der Waals surface area contributed by atoms with Gasteiger partial charge in [0, 0.05) is 16.8 Å². The number of rotatable bonds is 7. The maximum Gasteiger partial charge on any atom is 0.252 e. The van der Waals surface area contributed by atoms with Crippen LogP contribution in [0.25, 0.3) is 0 Å². The number of benzene rings is 3. The number of ether oxygens (including phenoxy) is 2. The fourth-order valence-electron chi connectivity index (χ4n) is 2.57. The standard InChI is InChI=1S/C22H21NO3S/c1-23-22(24)18-10-6-7-11-21(18)27-17-12-13-19(20(14-17)25-2)26-15-16-8-4-3-5-9-16/h3-14H,15H2,1-2H3,(H,23,24). The highest BCUT2D eigenvalue weighted by atomic mass is 32.2. The maximum absolute atomic E-state index is 12.1. The van der Waals surface area contributed by atoms with Crippen molar-refractivity contribution in [1.29, 1.82) is 0 Å². The lowest BCUT2D eigenvalue weighted by molar-refractivity contribution is 0.0960. The Morgan fingerprint density at radius 3 is 2.44 bits per heavy atom. The van der Waals surface area contributed by atoms with Crippen LogP contribution in [-0.4, -0.2) is 20.1 Å². The molecule has 1 amide bonds. The predicted molar refractivity (Wildman–Crippen MR) is 108 cm³/mol. The lowest BCUT2D eigenvalue weighted by Gasteiger charge is -2.13. The molecule has 5 heteroatoms. The quantitative estimate of drug-likeness (QED) is 0.641. The molecule has 0 heterocycles.